The minimum atomic E-state index is -0.258. The second-order valence-electron chi connectivity index (χ2n) is 9.46. The molecule has 8 heteroatoms. The van der Waals surface area contributed by atoms with Gasteiger partial charge in [0.05, 0.1) is 18.5 Å². The molecule has 2 aromatic rings. The molecule has 1 atom stereocenters. The lowest BCUT2D eigenvalue weighted by Crippen LogP contribution is -2.46. The molecule has 3 aliphatic rings. The van der Waals surface area contributed by atoms with E-state index in [1.807, 2.05) is 41.3 Å². The molecular formula is C26H31ClN4O3. The number of amides is 2. The van der Waals surface area contributed by atoms with E-state index in [4.69, 9.17) is 21.1 Å². The van der Waals surface area contributed by atoms with Gasteiger partial charge >= 0.3 is 0 Å². The van der Waals surface area contributed by atoms with Crippen LogP contribution in [0.1, 0.15) is 55.9 Å². The Hall–Kier alpha value is -2.64. The standard InChI is InChI=1S/C26H31ClN4O3/c27-21-8-6-19(7-9-21)22-17-23(24-5-4-16-34-24)31(28-22)25(32)18-29-14-10-20(11-15-29)26(33)30-12-2-1-3-13-30/h4-9,16,20,23H,1-3,10-15,17-18H2. The molecule has 0 N–H and O–H groups in total. The summed E-state index contributed by atoms with van der Waals surface area (Å²) in [5.41, 5.74) is 1.80. The number of carbonyl (C=O) groups is 2. The number of rotatable bonds is 5. The van der Waals surface area contributed by atoms with E-state index in [1.54, 1.807) is 11.3 Å². The maximum Gasteiger partial charge on any atom is 0.257 e. The first-order valence-electron chi connectivity index (χ1n) is 12.3. The van der Waals surface area contributed by atoms with Crippen LogP contribution in [0, 0.1) is 5.92 Å². The minimum Gasteiger partial charge on any atom is -0.467 e. The summed E-state index contributed by atoms with van der Waals surface area (Å²) in [6.45, 7) is 3.59. The van der Waals surface area contributed by atoms with Crippen LogP contribution < -0.4 is 0 Å². The first-order valence-corrected chi connectivity index (χ1v) is 12.7. The number of piperidine rings is 2. The highest BCUT2D eigenvalue weighted by Crippen LogP contribution is 2.33. The molecule has 0 aliphatic carbocycles. The fourth-order valence-corrected chi connectivity index (χ4v) is 5.36. The van der Waals surface area contributed by atoms with Crippen LogP contribution in [0.5, 0.6) is 0 Å². The molecule has 0 bridgehead atoms. The summed E-state index contributed by atoms with van der Waals surface area (Å²) >= 11 is 6.04. The van der Waals surface area contributed by atoms with E-state index in [-0.39, 0.29) is 17.9 Å². The van der Waals surface area contributed by atoms with Gasteiger partial charge in [-0.3, -0.25) is 14.5 Å². The monoisotopic (exact) mass is 482 g/mol. The smallest absolute Gasteiger partial charge is 0.257 e. The molecule has 2 saturated heterocycles. The SMILES string of the molecule is O=C(C1CCN(CC(=O)N2N=C(c3ccc(Cl)cc3)CC2c2ccco2)CC1)N1CCCCC1. The molecule has 1 aromatic heterocycles. The van der Waals surface area contributed by atoms with E-state index in [2.05, 4.69) is 4.90 Å². The molecule has 1 aromatic carbocycles. The van der Waals surface area contributed by atoms with Crippen molar-refractivity contribution in [3.05, 3.63) is 59.0 Å². The van der Waals surface area contributed by atoms with Crippen LogP contribution in [-0.4, -0.2) is 65.1 Å². The highest BCUT2D eigenvalue weighted by molar-refractivity contribution is 6.30. The maximum absolute atomic E-state index is 13.4. The Kier molecular flexibility index (Phi) is 7.02. The van der Waals surface area contributed by atoms with Crippen LogP contribution in [-0.2, 0) is 9.59 Å². The predicted octanol–water partition coefficient (Wildman–Crippen LogP) is 4.34. The van der Waals surface area contributed by atoms with Gasteiger partial charge in [-0.05, 0) is 75.0 Å². The zero-order valence-electron chi connectivity index (χ0n) is 19.4. The summed E-state index contributed by atoms with van der Waals surface area (Å²) in [6.07, 6.45) is 7.29. The van der Waals surface area contributed by atoms with Gasteiger partial charge < -0.3 is 9.32 Å². The van der Waals surface area contributed by atoms with Crippen LogP contribution in [0.4, 0.5) is 0 Å². The van der Waals surface area contributed by atoms with E-state index >= 15 is 0 Å². The van der Waals surface area contributed by atoms with Crippen molar-refractivity contribution in [1.29, 1.82) is 0 Å². The third-order valence-corrected chi connectivity index (χ3v) is 7.43. The second-order valence-corrected chi connectivity index (χ2v) is 9.90. The van der Waals surface area contributed by atoms with Gasteiger partial charge in [0.15, 0.2) is 0 Å². The van der Waals surface area contributed by atoms with Crippen molar-refractivity contribution in [3.8, 4) is 0 Å². The summed E-state index contributed by atoms with van der Waals surface area (Å²) < 4.78 is 5.65. The molecule has 2 amide bonds. The minimum absolute atomic E-state index is 0.0498. The normalized spacial score (nSPS) is 22.1. The summed E-state index contributed by atoms with van der Waals surface area (Å²) in [5.74, 6) is 1.07. The van der Waals surface area contributed by atoms with Crippen LogP contribution in [0.3, 0.4) is 0 Å². The van der Waals surface area contributed by atoms with Crippen LogP contribution in [0.25, 0.3) is 0 Å². The molecular weight excluding hydrogens is 452 g/mol. The largest absolute Gasteiger partial charge is 0.467 e. The van der Waals surface area contributed by atoms with E-state index in [1.165, 1.54) is 6.42 Å². The van der Waals surface area contributed by atoms with Gasteiger partial charge in [0.25, 0.3) is 5.91 Å². The van der Waals surface area contributed by atoms with E-state index in [0.717, 1.165) is 68.9 Å². The quantitative estimate of drug-likeness (QED) is 0.635. The van der Waals surface area contributed by atoms with Crippen molar-refractivity contribution in [2.45, 2.75) is 44.6 Å². The molecule has 7 nitrogen and oxygen atoms in total. The Morgan fingerprint density at radius 2 is 1.74 bits per heavy atom. The number of hydrazone groups is 1. The Morgan fingerprint density at radius 1 is 1.00 bits per heavy atom. The topological polar surface area (TPSA) is 69.4 Å². The molecule has 5 rings (SSSR count). The Morgan fingerprint density at radius 3 is 2.41 bits per heavy atom. The fraction of sp³-hybridized carbons (Fsp3) is 0.500. The highest BCUT2D eigenvalue weighted by atomic mass is 35.5. The van der Waals surface area contributed by atoms with Crippen molar-refractivity contribution in [2.75, 3.05) is 32.7 Å². The Balaban J connectivity index is 1.22. The number of hydrogen-bond donors (Lipinski definition) is 0. The van der Waals surface area contributed by atoms with Crippen molar-refractivity contribution in [3.63, 3.8) is 0 Å². The lowest BCUT2D eigenvalue weighted by molar-refractivity contribution is -0.138. The second kappa shape index (κ2) is 10.3. The number of benzene rings is 1. The van der Waals surface area contributed by atoms with Crippen LogP contribution in [0.15, 0.2) is 52.2 Å². The molecule has 0 saturated carbocycles. The van der Waals surface area contributed by atoms with Crippen LogP contribution in [0.2, 0.25) is 5.02 Å². The van der Waals surface area contributed by atoms with Gasteiger partial charge in [0.2, 0.25) is 5.91 Å². The van der Waals surface area contributed by atoms with Crippen molar-refractivity contribution in [1.82, 2.24) is 14.8 Å². The fourth-order valence-electron chi connectivity index (χ4n) is 5.23. The van der Waals surface area contributed by atoms with E-state index in [0.29, 0.717) is 23.9 Å². The Bertz CT molecular complexity index is 1020. The average Bonchev–Trinajstić information content (AvgIpc) is 3.55. The van der Waals surface area contributed by atoms with Gasteiger partial charge in [-0.1, -0.05) is 23.7 Å². The molecule has 4 heterocycles. The van der Waals surface area contributed by atoms with Crippen molar-refractivity contribution >= 4 is 29.1 Å². The molecule has 3 aliphatic heterocycles. The number of halogens is 1. The molecule has 34 heavy (non-hydrogen) atoms. The number of likely N-dealkylation sites (tertiary alicyclic amines) is 2. The molecule has 0 radical (unpaired) electrons. The average molecular weight is 483 g/mol. The van der Waals surface area contributed by atoms with Gasteiger partial charge in [-0.15, -0.1) is 0 Å². The van der Waals surface area contributed by atoms with Crippen molar-refractivity contribution in [2.24, 2.45) is 11.0 Å². The third kappa shape index (κ3) is 5.05. The van der Waals surface area contributed by atoms with E-state index in [9.17, 15) is 9.59 Å². The lowest BCUT2D eigenvalue weighted by Gasteiger charge is -2.35. The number of nitrogens with zero attached hydrogens (tertiary/aromatic N) is 4. The van der Waals surface area contributed by atoms with Gasteiger partial charge in [-0.2, -0.15) is 5.10 Å². The molecule has 1 unspecified atom stereocenters. The zero-order valence-corrected chi connectivity index (χ0v) is 20.1. The highest BCUT2D eigenvalue weighted by Gasteiger charge is 2.36. The summed E-state index contributed by atoms with van der Waals surface area (Å²) in [5, 5.41) is 6.95. The number of carbonyl (C=O) groups excluding carboxylic acids is 2. The van der Waals surface area contributed by atoms with Gasteiger partial charge in [-0.25, -0.2) is 5.01 Å². The third-order valence-electron chi connectivity index (χ3n) is 7.18. The summed E-state index contributed by atoms with van der Waals surface area (Å²) in [7, 11) is 0. The van der Waals surface area contributed by atoms with E-state index < -0.39 is 0 Å². The first kappa shape index (κ1) is 23.1. The molecule has 2 fully saturated rings. The summed E-state index contributed by atoms with van der Waals surface area (Å²) in [4.78, 5) is 30.4. The predicted molar refractivity (Wildman–Crippen MR) is 130 cm³/mol. The van der Waals surface area contributed by atoms with Gasteiger partial charge in [0, 0.05) is 30.5 Å². The maximum atomic E-state index is 13.4. The number of hydrogen-bond acceptors (Lipinski definition) is 5. The lowest BCUT2D eigenvalue weighted by atomic mass is 9.94. The van der Waals surface area contributed by atoms with Gasteiger partial charge in [0.1, 0.15) is 11.8 Å². The Labute approximate surface area is 205 Å². The molecule has 0 spiro atoms. The molecule has 180 valence electrons. The van der Waals surface area contributed by atoms with Crippen LogP contribution >= 0.6 is 11.6 Å². The number of furan rings is 1. The van der Waals surface area contributed by atoms with Crippen molar-refractivity contribution < 1.29 is 14.0 Å². The first-order chi connectivity index (χ1) is 16.6. The zero-order chi connectivity index (χ0) is 23.5. The summed E-state index contributed by atoms with van der Waals surface area (Å²) in [6, 6.07) is 11.0.